The van der Waals surface area contributed by atoms with Crippen molar-refractivity contribution in [3.05, 3.63) is 29.8 Å². The Labute approximate surface area is 102 Å². The monoisotopic (exact) mass is 251 g/mol. The first-order chi connectivity index (χ1) is 8.00. The second kappa shape index (κ2) is 3.56. The van der Waals surface area contributed by atoms with E-state index in [0.29, 0.717) is 4.90 Å². The van der Waals surface area contributed by atoms with Crippen LogP contribution in [-0.4, -0.2) is 19.7 Å². The smallest absolute Gasteiger partial charge is 0.180 e. The molecule has 0 spiro atoms. The third-order valence-electron chi connectivity index (χ3n) is 4.00. The summed E-state index contributed by atoms with van der Waals surface area (Å²) in [6, 6.07) is 7.33. The molecule has 1 aromatic rings. The van der Waals surface area contributed by atoms with Crippen LogP contribution in [-0.2, 0) is 9.84 Å². The molecular weight excluding hydrogens is 234 g/mol. The molecule has 1 aliphatic heterocycles. The number of fused-ring (bicyclic) bond motifs is 1. The van der Waals surface area contributed by atoms with E-state index in [-0.39, 0.29) is 17.3 Å². The Balaban J connectivity index is 1.94. The summed E-state index contributed by atoms with van der Waals surface area (Å²) in [5.41, 5.74) is 1.08. The average molecular weight is 251 g/mol. The average Bonchev–Trinajstić information content (AvgIpc) is 2.49. The zero-order valence-corrected chi connectivity index (χ0v) is 10.8. The van der Waals surface area contributed by atoms with Gasteiger partial charge >= 0.3 is 0 Å². The summed E-state index contributed by atoms with van der Waals surface area (Å²) in [5, 5.41) is 3.52. The van der Waals surface area contributed by atoms with E-state index >= 15 is 0 Å². The molecule has 17 heavy (non-hydrogen) atoms. The van der Waals surface area contributed by atoms with Gasteiger partial charge in [0.05, 0.1) is 10.6 Å². The maximum atomic E-state index is 12.0. The molecule has 0 saturated heterocycles. The Morgan fingerprint density at radius 1 is 1.29 bits per heavy atom. The van der Waals surface area contributed by atoms with E-state index in [9.17, 15) is 8.42 Å². The predicted molar refractivity (Wildman–Crippen MR) is 66.6 cm³/mol. The highest BCUT2D eigenvalue weighted by Gasteiger charge is 2.40. The Kier molecular flexibility index (Phi) is 2.35. The molecule has 1 N–H and O–H groups in total. The number of sulfone groups is 1. The van der Waals surface area contributed by atoms with Crippen LogP contribution in [0.1, 0.15) is 37.8 Å². The summed E-state index contributed by atoms with van der Waals surface area (Å²) in [5.74, 6) is 0.210. The van der Waals surface area contributed by atoms with Crippen LogP contribution in [0.25, 0.3) is 0 Å². The molecule has 1 saturated carbocycles. The fourth-order valence-electron chi connectivity index (χ4n) is 2.84. The molecule has 1 aromatic carbocycles. The van der Waals surface area contributed by atoms with Crippen LogP contribution < -0.4 is 5.32 Å². The van der Waals surface area contributed by atoms with Crippen molar-refractivity contribution in [1.82, 2.24) is 5.32 Å². The molecule has 0 amide bonds. The first kappa shape index (κ1) is 11.2. The third-order valence-corrected chi connectivity index (χ3v) is 5.81. The van der Waals surface area contributed by atoms with Gasteiger partial charge < -0.3 is 5.32 Å². The van der Waals surface area contributed by atoms with E-state index in [0.717, 1.165) is 18.4 Å². The van der Waals surface area contributed by atoms with E-state index in [4.69, 9.17) is 0 Å². The maximum Gasteiger partial charge on any atom is 0.180 e. The quantitative estimate of drug-likeness (QED) is 0.875. The van der Waals surface area contributed by atoms with E-state index in [1.165, 1.54) is 6.42 Å². The van der Waals surface area contributed by atoms with Gasteiger partial charge in [-0.05, 0) is 37.8 Å². The SMILES string of the molecule is CC1(NC2CS(=O)(=O)c3ccccc32)CCC1. The summed E-state index contributed by atoms with van der Waals surface area (Å²) in [4.78, 5) is 0.514. The van der Waals surface area contributed by atoms with Crippen molar-refractivity contribution >= 4 is 9.84 Å². The minimum absolute atomic E-state index is 0.0264. The lowest BCUT2D eigenvalue weighted by atomic mass is 9.78. The van der Waals surface area contributed by atoms with Gasteiger partial charge in [0.1, 0.15) is 0 Å². The van der Waals surface area contributed by atoms with Crippen LogP contribution in [0.15, 0.2) is 29.2 Å². The Morgan fingerprint density at radius 3 is 2.65 bits per heavy atom. The van der Waals surface area contributed by atoms with Crippen LogP contribution in [0.2, 0.25) is 0 Å². The first-order valence-electron chi connectivity index (χ1n) is 6.10. The summed E-state index contributed by atoms with van der Waals surface area (Å²) >= 11 is 0. The molecule has 1 aliphatic carbocycles. The molecule has 0 bridgehead atoms. The molecule has 92 valence electrons. The number of rotatable bonds is 2. The Hall–Kier alpha value is -0.870. The van der Waals surface area contributed by atoms with Gasteiger partial charge in [0.2, 0.25) is 0 Å². The van der Waals surface area contributed by atoms with Gasteiger partial charge in [0.15, 0.2) is 9.84 Å². The zero-order chi connectivity index (χ0) is 12.1. The molecule has 4 heteroatoms. The van der Waals surface area contributed by atoms with Gasteiger partial charge in [0.25, 0.3) is 0 Å². The topological polar surface area (TPSA) is 46.2 Å². The molecule has 3 nitrogen and oxygen atoms in total. The lowest BCUT2D eigenvalue weighted by Crippen LogP contribution is -2.50. The Bertz CT molecular complexity index is 546. The normalized spacial score (nSPS) is 28.4. The molecule has 2 aliphatic rings. The molecule has 0 radical (unpaired) electrons. The molecule has 1 heterocycles. The minimum atomic E-state index is -3.07. The van der Waals surface area contributed by atoms with Crippen LogP contribution in [0, 0.1) is 0 Å². The molecule has 1 unspecified atom stereocenters. The minimum Gasteiger partial charge on any atom is -0.304 e. The third kappa shape index (κ3) is 1.79. The zero-order valence-electron chi connectivity index (χ0n) is 9.94. The summed E-state index contributed by atoms with van der Waals surface area (Å²) in [6.45, 7) is 2.18. The standard InChI is InChI=1S/C13H17NO2S/c1-13(7-4-8-13)14-11-9-17(15,16)12-6-3-2-5-10(11)12/h2-3,5-6,11,14H,4,7-9H2,1H3. The summed E-state index contributed by atoms with van der Waals surface area (Å²) in [7, 11) is -3.07. The lowest BCUT2D eigenvalue weighted by molar-refractivity contribution is 0.191. The molecule has 0 aromatic heterocycles. The van der Waals surface area contributed by atoms with Crippen LogP contribution in [0.5, 0.6) is 0 Å². The van der Waals surface area contributed by atoms with Gasteiger partial charge in [-0.15, -0.1) is 0 Å². The largest absolute Gasteiger partial charge is 0.304 e. The predicted octanol–water partition coefficient (Wildman–Crippen LogP) is 2.05. The summed E-state index contributed by atoms with van der Waals surface area (Å²) in [6.07, 6.45) is 3.53. The van der Waals surface area contributed by atoms with E-state index in [1.54, 1.807) is 12.1 Å². The van der Waals surface area contributed by atoms with Crippen LogP contribution >= 0.6 is 0 Å². The fraction of sp³-hybridized carbons (Fsp3) is 0.538. The lowest BCUT2D eigenvalue weighted by Gasteiger charge is -2.41. The molecular formula is C13H17NO2S. The van der Waals surface area contributed by atoms with Gasteiger partial charge in [-0.25, -0.2) is 8.42 Å². The van der Waals surface area contributed by atoms with Crippen molar-refractivity contribution < 1.29 is 8.42 Å². The van der Waals surface area contributed by atoms with E-state index in [2.05, 4.69) is 12.2 Å². The highest BCUT2D eigenvalue weighted by Crippen LogP contribution is 2.38. The molecule has 1 atom stereocenters. The number of hydrogen-bond donors (Lipinski definition) is 1. The summed E-state index contributed by atoms with van der Waals surface area (Å²) < 4.78 is 24.0. The van der Waals surface area contributed by atoms with Crippen molar-refractivity contribution in [2.24, 2.45) is 0 Å². The van der Waals surface area contributed by atoms with Gasteiger partial charge in [-0.2, -0.15) is 0 Å². The van der Waals surface area contributed by atoms with Crippen LogP contribution in [0.4, 0.5) is 0 Å². The first-order valence-corrected chi connectivity index (χ1v) is 7.75. The van der Waals surface area contributed by atoms with Gasteiger partial charge in [-0.3, -0.25) is 0 Å². The van der Waals surface area contributed by atoms with Crippen molar-refractivity contribution in [2.75, 3.05) is 5.75 Å². The van der Waals surface area contributed by atoms with Crippen molar-refractivity contribution in [3.8, 4) is 0 Å². The van der Waals surface area contributed by atoms with E-state index in [1.807, 2.05) is 12.1 Å². The molecule has 3 rings (SSSR count). The second-order valence-corrected chi connectivity index (χ2v) is 7.43. The number of hydrogen-bond acceptors (Lipinski definition) is 3. The van der Waals surface area contributed by atoms with Crippen molar-refractivity contribution in [1.29, 1.82) is 0 Å². The number of nitrogens with one attached hydrogen (secondary N) is 1. The van der Waals surface area contributed by atoms with Gasteiger partial charge in [-0.1, -0.05) is 18.2 Å². The highest BCUT2D eigenvalue weighted by atomic mass is 32.2. The maximum absolute atomic E-state index is 12.0. The van der Waals surface area contributed by atoms with E-state index < -0.39 is 9.84 Å². The second-order valence-electron chi connectivity index (χ2n) is 5.43. The highest BCUT2D eigenvalue weighted by molar-refractivity contribution is 7.91. The Morgan fingerprint density at radius 2 is 2.00 bits per heavy atom. The number of benzene rings is 1. The van der Waals surface area contributed by atoms with Crippen molar-refractivity contribution in [2.45, 2.75) is 42.7 Å². The van der Waals surface area contributed by atoms with Gasteiger partial charge in [0, 0.05) is 11.6 Å². The fourth-order valence-corrected chi connectivity index (χ4v) is 4.58. The van der Waals surface area contributed by atoms with Crippen molar-refractivity contribution in [3.63, 3.8) is 0 Å². The van der Waals surface area contributed by atoms with Crippen LogP contribution in [0.3, 0.4) is 0 Å². The molecule has 1 fully saturated rings.